The summed E-state index contributed by atoms with van der Waals surface area (Å²) < 4.78 is 0. The largest absolute Gasteiger partial charge is 0.328 e. The Morgan fingerprint density at radius 2 is 1.75 bits per heavy atom. The fraction of sp³-hybridized carbons (Fsp3) is 0.192. The minimum Gasteiger partial charge on any atom is -0.328 e. The minimum atomic E-state index is -0.136. The average molecular weight is 444 g/mol. The third-order valence-electron chi connectivity index (χ3n) is 5.57. The van der Waals surface area contributed by atoms with Gasteiger partial charge < -0.3 is 4.98 Å². The van der Waals surface area contributed by atoms with Gasteiger partial charge in [-0.1, -0.05) is 61.5 Å². The highest BCUT2D eigenvalue weighted by atomic mass is 32.1. The maximum absolute atomic E-state index is 13.2. The molecule has 0 saturated heterocycles. The van der Waals surface area contributed by atoms with Crippen molar-refractivity contribution in [1.29, 1.82) is 0 Å². The van der Waals surface area contributed by atoms with Crippen LogP contribution in [-0.2, 0) is 11.2 Å². The fourth-order valence-corrected chi connectivity index (χ4v) is 4.55. The van der Waals surface area contributed by atoms with Gasteiger partial charge in [-0.25, -0.2) is 4.98 Å². The van der Waals surface area contributed by atoms with Gasteiger partial charge in [0.05, 0.1) is 5.69 Å². The topological polar surface area (TPSA) is 66.1 Å². The monoisotopic (exact) mass is 443 g/mol. The van der Waals surface area contributed by atoms with Crippen molar-refractivity contribution >= 4 is 22.4 Å². The van der Waals surface area contributed by atoms with E-state index in [4.69, 9.17) is 4.98 Å². The Bertz CT molecular complexity index is 1240. The third-order valence-corrected chi connectivity index (χ3v) is 6.49. The van der Waals surface area contributed by atoms with Crippen molar-refractivity contribution in [2.75, 3.05) is 11.9 Å². The number of benzene rings is 2. The Labute approximate surface area is 191 Å². The van der Waals surface area contributed by atoms with Crippen LogP contribution in [0.15, 0.2) is 83.1 Å². The molecule has 2 heterocycles. The second-order valence-electron chi connectivity index (χ2n) is 7.69. The van der Waals surface area contributed by atoms with Crippen LogP contribution in [-0.4, -0.2) is 22.9 Å². The van der Waals surface area contributed by atoms with Gasteiger partial charge in [0.15, 0.2) is 5.13 Å². The smallest absolute Gasteiger partial charge is 0.247 e. The number of hydrogen-bond acceptors (Lipinski definition) is 4. The summed E-state index contributed by atoms with van der Waals surface area (Å²) in [6, 6.07) is 21.4. The second kappa shape index (κ2) is 9.75. The van der Waals surface area contributed by atoms with Gasteiger partial charge in [-0.3, -0.25) is 14.5 Å². The molecule has 6 heteroatoms. The second-order valence-corrected chi connectivity index (χ2v) is 8.53. The van der Waals surface area contributed by atoms with Crippen molar-refractivity contribution in [2.24, 2.45) is 5.92 Å². The molecule has 0 radical (unpaired) electrons. The van der Waals surface area contributed by atoms with E-state index >= 15 is 0 Å². The molecule has 32 heavy (non-hydrogen) atoms. The number of anilines is 1. The van der Waals surface area contributed by atoms with Crippen LogP contribution in [0.4, 0.5) is 5.13 Å². The number of nitrogens with zero attached hydrogens (tertiary/aromatic N) is 2. The Kier molecular flexibility index (Phi) is 6.61. The first kappa shape index (κ1) is 21.7. The van der Waals surface area contributed by atoms with E-state index in [2.05, 4.69) is 17.1 Å². The van der Waals surface area contributed by atoms with Crippen LogP contribution in [0.1, 0.15) is 18.9 Å². The Hall–Kier alpha value is -3.51. The number of rotatable bonds is 7. The number of nitrogens with one attached hydrogen (secondary N) is 1. The van der Waals surface area contributed by atoms with Crippen LogP contribution in [0.25, 0.3) is 22.4 Å². The predicted molar refractivity (Wildman–Crippen MR) is 131 cm³/mol. The van der Waals surface area contributed by atoms with Crippen molar-refractivity contribution in [3.05, 3.63) is 94.2 Å². The van der Waals surface area contributed by atoms with E-state index in [9.17, 15) is 9.59 Å². The molecule has 0 aliphatic rings. The molecule has 0 aliphatic carbocycles. The van der Waals surface area contributed by atoms with Crippen LogP contribution < -0.4 is 10.5 Å². The van der Waals surface area contributed by atoms with Gasteiger partial charge in [0.25, 0.3) is 0 Å². The van der Waals surface area contributed by atoms with Crippen LogP contribution in [0, 0.1) is 5.92 Å². The summed E-state index contributed by atoms with van der Waals surface area (Å²) in [5, 5.41) is 2.65. The Morgan fingerprint density at radius 3 is 2.44 bits per heavy atom. The molecule has 1 amide bonds. The molecule has 0 unspecified atom stereocenters. The maximum Gasteiger partial charge on any atom is 0.247 e. The van der Waals surface area contributed by atoms with E-state index in [1.54, 1.807) is 24.2 Å². The van der Waals surface area contributed by atoms with E-state index in [1.165, 1.54) is 17.4 Å². The number of amides is 1. The molecule has 5 nitrogen and oxygen atoms in total. The molecular formula is C26H25N3O2S. The predicted octanol–water partition coefficient (Wildman–Crippen LogP) is 5.40. The lowest BCUT2D eigenvalue weighted by Gasteiger charge is -2.21. The number of hydrogen-bond donors (Lipinski definition) is 1. The summed E-state index contributed by atoms with van der Waals surface area (Å²) in [6.45, 7) is 2.05. The lowest BCUT2D eigenvalue weighted by Crippen LogP contribution is -2.33. The zero-order valence-corrected chi connectivity index (χ0v) is 18.9. The summed E-state index contributed by atoms with van der Waals surface area (Å²) in [4.78, 5) is 33.8. The molecule has 0 bridgehead atoms. The summed E-state index contributed by atoms with van der Waals surface area (Å²) in [7, 11) is 1.80. The molecule has 0 spiro atoms. The normalized spacial score (nSPS) is 11.8. The number of aromatic nitrogens is 2. The number of carbonyl (C=O) groups excluding carboxylic acids is 1. The number of thiazole rings is 1. The fourth-order valence-electron chi connectivity index (χ4n) is 3.75. The van der Waals surface area contributed by atoms with Gasteiger partial charge in [0, 0.05) is 36.2 Å². The summed E-state index contributed by atoms with van der Waals surface area (Å²) in [6.07, 6.45) is 3.19. The van der Waals surface area contributed by atoms with E-state index in [-0.39, 0.29) is 17.4 Å². The first-order valence-electron chi connectivity index (χ1n) is 10.6. The first-order chi connectivity index (χ1) is 15.6. The van der Waals surface area contributed by atoms with Gasteiger partial charge in [-0.05, 0) is 35.6 Å². The molecule has 4 aromatic rings. The summed E-state index contributed by atoms with van der Waals surface area (Å²) >= 11 is 1.46. The van der Waals surface area contributed by atoms with Crippen molar-refractivity contribution in [1.82, 2.24) is 9.97 Å². The number of aromatic amines is 1. The van der Waals surface area contributed by atoms with Crippen molar-refractivity contribution in [3.8, 4) is 22.4 Å². The first-order valence-corrected chi connectivity index (χ1v) is 11.5. The van der Waals surface area contributed by atoms with Gasteiger partial charge in [-0.15, -0.1) is 11.3 Å². The highest BCUT2D eigenvalue weighted by Gasteiger charge is 2.24. The average Bonchev–Trinajstić information content (AvgIpc) is 3.33. The Balaban J connectivity index is 1.58. The minimum absolute atomic E-state index is 0.0752. The van der Waals surface area contributed by atoms with E-state index in [1.807, 2.05) is 54.8 Å². The van der Waals surface area contributed by atoms with Crippen LogP contribution in [0.3, 0.4) is 0 Å². The molecular weight excluding hydrogens is 418 g/mol. The highest BCUT2D eigenvalue weighted by molar-refractivity contribution is 7.14. The molecule has 0 saturated carbocycles. The molecule has 1 N–H and O–H groups in total. The van der Waals surface area contributed by atoms with E-state index in [0.717, 1.165) is 34.4 Å². The van der Waals surface area contributed by atoms with Gasteiger partial charge in [-0.2, -0.15) is 0 Å². The standard InChI is InChI=1S/C26H25N3O2S/c1-3-19(15-18-9-5-4-6-10-18)25(31)29(2)26-28-23(17-32-26)22-12-8-7-11-21(22)20-13-14-24(30)27-16-20/h4-14,16-17,19H,3,15H2,1-2H3,(H,27,30)/t19-/m1/s1. The van der Waals surface area contributed by atoms with E-state index < -0.39 is 0 Å². The van der Waals surface area contributed by atoms with Crippen LogP contribution in [0.2, 0.25) is 0 Å². The molecule has 0 aliphatic heterocycles. The highest BCUT2D eigenvalue weighted by Crippen LogP contribution is 2.34. The number of H-pyrrole nitrogens is 1. The van der Waals surface area contributed by atoms with Crippen molar-refractivity contribution in [3.63, 3.8) is 0 Å². The lowest BCUT2D eigenvalue weighted by molar-refractivity contribution is -0.122. The molecule has 2 aromatic carbocycles. The maximum atomic E-state index is 13.2. The van der Waals surface area contributed by atoms with Crippen LogP contribution in [0.5, 0.6) is 0 Å². The van der Waals surface area contributed by atoms with Crippen molar-refractivity contribution in [2.45, 2.75) is 19.8 Å². The SMILES string of the molecule is CC[C@H](Cc1ccccc1)C(=O)N(C)c1nc(-c2ccccc2-c2ccc(=O)[nH]c2)cs1. The summed E-state index contributed by atoms with van der Waals surface area (Å²) in [5.74, 6) is -0.0191. The molecule has 4 rings (SSSR count). The van der Waals surface area contributed by atoms with Gasteiger partial charge in [0.2, 0.25) is 11.5 Å². The van der Waals surface area contributed by atoms with Crippen LogP contribution >= 0.6 is 11.3 Å². The molecule has 1 atom stereocenters. The molecule has 0 fully saturated rings. The lowest BCUT2D eigenvalue weighted by atomic mass is 9.96. The van der Waals surface area contributed by atoms with Gasteiger partial charge >= 0.3 is 0 Å². The summed E-state index contributed by atoms with van der Waals surface area (Å²) in [5.41, 5.74) is 4.68. The zero-order valence-electron chi connectivity index (χ0n) is 18.1. The third kappa shape index (κ3) is 4.70. The number of pyridine rings is 1. The molecule has 2 aromatic heterocycles. The zero-order chi connectivity index (χ0) is 22.5. The number of carbonyl (C=O) groups is 1. The Morgan fingerprint density at radius 1 is 1.03 bits per heavy atom. The van der Waals surface area contributed by atoms with E-state index in [0.29, 0.717) is 11.6 Å². The van der Waals surface area contributed by atoms with Gasteiger partial charge in [0.1, 0.15) is 0 Å². The van der Waals surface area contributed by atoms with Crippen molar-refractivity contribution < 1.29 is 4.79 Å². The quantitative estimate of drug-likeness (QED) is 0.416. The molecule has 162 valence electrons.